The quantitative estimate of drug-likeness (QED) is 0.752. The maximum absolute atomic E-state index is 12.0. The fourth-order valence-electron chi connectivity index (χ4n) is 2.14. The average molecular weight is 342 g/mol. The maximum Gasteiger partial charge on any atom is 0.247 e. The molecule has 0 saturated heterocycles. The molecule has 0 radical (unpaired) electrons. The van der Waals surface area contributed by atoms with Gasteiger partial charge in [-0.15, -0.1) is 10.2 Å². The van der Waals surface area contributed by atoms with E-state index in [0.717, 1.165) is 16.8 Å². The molecule has 0 aliphatic carbocycles. The number of carbonyl (C=O) groups is 1. The van der Waals surface area contributed by atoms with Crippen molar-refractivity contribution in [2.24, 2.45) is 0 Å². The molecule has 24 heavy (non-hydrogen) atoms. The second-order valence-corrected chi connectivity index (χ2v) is 5.86. The van der Waals surface area contributed by atoms with E-state index in [9.17, 15) is 4.79 Å². The zero-order valence-corrected chi connectivity index (χ0v) is 13.9. The van der Waals surface area contributed by atoms with E-state index in [1.54, 1.807) is 12.1 Å². The SMILES string of the molecule is Cc1ccc(NC(=O)CCc2nnc(-c3ccc(Cl)cc3)o2)cc1. The highest BCUT2D eigenvalue weighted by Gasteiger charge is 2.10. The Morgan fingerprint density at radius 1 is 1.08 bits per heavy atom. The van der Waals surface area contributed by atoms with Crippen molar-refractivity contribution in [3.63, 3.8) is 0 Å². The van der Waals surface area contributed by atoms with Gasteiger partial charge in [0, 0.05) is 29.1 Å². The van der Waals surface area contributed by atoms with E-state index in [2.05, 4.69) is 15.5 Å². The van der Waals surface area contributed by atoms with Crippen LogP contribution >= 0.6 is 11.6 Å². The molecule has 0 fully saturated rings. The summed E-state index contributed by atoms with van der Waals surface area (Å²) >= 11 is 5.85. The van der Waals surface area contributed by atoms with Crippen LogP contribution in [0.2, 0.25) is 5.02 Å². The molecule has 0 aliphatic rings. The number of carbonyl (C=O) groups excluding carboxylic acids is 1. The standard InChI is InChI=1S/C18H16ClN3O2/c1-12-2-8-15(9-3-12)20-16(23)10-11-17-21-22-18(24-17)13-4-6-14(19)7-5-13/h2-9H,10-11H2,1H3,(H,20,23). The van der Waals surface area contributed by atoms with Gasteiger partial charge in [-0.2, -0.15) is 0 Å². The molecule has 1 aromatic heterocycles. The molecule has 3 rings (SSSR count). The van der Waals surface area contributed by atoms with Crippen LogP contribution in [0.4, 0.5) is 5.69 Å². The van der Waals surface area contributed by atoms with Crippen LogP contribution in [0.5, 0.6) is 0 Å². The van der Waals surface area contributed by atoms with Crippen LogP contribution in [0.25, 0.3) is 11.5 Å². The zero-order chi connectivity index (χ0) is 16.9. The molecule has 1 N–H and O–H groups in total. The minimum Gasteiger partial charge on any atom is -0.421 e. The summed E-state index contributed by atoms with van der Waals surface area (Å²) in [6.07, 6.45) is 0.661. The van der Waals surface area contributed by atoms with Crippen molar-refractivity contribution in [2.75, 3.05) is 5.32 Å². The molecular formula is C18H16ClN3O2. The molecule has 0 atom stereocenters. The molecule has 0 bridgehead atoms. The first kappa shape index (κ1) is 16.2. The minimum absolute atomic E-state index is 0.0925. The van der Waals surface area contributed by atoms with Gasteiger partial charge in [0.2, 0.25) is 17.7 Å². The number of hydrogen-bond donors (Lipinski definition) is 1. The normalized spacial score (nSPS) is 10.6. The van der Waals surface area contributed by atoms with Crippen molar-refractivity contribution in [1.29, 1.82) is 0 Å². The second-order valence-electron chi connectivity index (χ2n) is 5.42. The highest BCUT2D eigenvalue weighted by molar-refractivity contribution is 6.30. The third-order valence-electron chi connectivity index (χ3n) is 3.46. The van der Waals surface area contributed by atoms with Gasteiger partial charge in [0.05, 0.1) is 0 Å². The average Bonchev–Trinajstić information content (AvgIpc) is 3.05. The Morgan fingerprint density at radius 3 is 2.50 bits per heavy atom. The molecule has 122 valence electrons. The van der Waals surface area contributed by atoms with E-state index in [0.29, 0.717) is 23.2 Å². The van der Waals surface area contributed by atoms with Crippen LogP contribution in [0.1, 0.15) is 17.9 Å². The first-order valence-electron chi connectivity index (χ1n) is 7.55. The number of aryl methyl sites for hydroxylation is 2. The first-order chi connectivity index (χ1) is 11.6. The summed E-state index contributed by atoms with van der Waals surface area (Å²) in [6.45, 7) is 2.00. The second kappa shape index (κ2) is 7.27. The topological polar surface area (TPSA) is 68.0 Å². The number of hydrogen-bond acceptors (Lipinski definition) is 4. The number of amides is 1. The van der Waals surface area contributed by atoms with E-state index in [-0.39, 0.29) is 12.3 Å². The lowest BCUT2D eigenvalue weighted by atomic mass is 10.2. The van der Waals surface area contributed by atoms with Crippen molar-refractivity contribution >= 4 is 23.2 Å². The summed E-state index contributed by atoms with van der Waals surface area (Å²) in [5.74, 6) is 0.754. The molecule has 5 nitrogen and oxygen atoms in total. The fourth-order valence-corrected chi connectivity index (χ4v) is 2.27. The number of nitrogens with one attached hydrogen (secondary N) is 1. The van der Waals surface area contributed by atoms with Gasteiger partial charge >= 0.3 is 0 Å². The third-order valence-corrected chi connectivity index (χ3v) is 3.71. The van der Waals surface area contributed by atoms with E-state index in [4.69, 9.17) is 16.0 Å². The maximum atomic E-state index is 12.0. The van der Waals surface area contributed by atoms with Crippen LogP contribution in [0.3, 0.4) is 0 Å². The van der Waals surface area contributed by atoms with Gasteiger partial charge in [-0.1, -0.05) is 29.3 Å². The monoisotopic (exact) mass is 341 g/mol. The zero-order valence-electron chi connectivity index (χ0n) is 13.1. The number of anilines is 1. The van der Waals surface area contributed by atoms with Crippen LogP contribution in [-0.2, 0) is 11.2 Å². The minimum atomic E-state index is -0.0925. The Hall–Kier alpha value is -2.66. The lowest BCUT2D eigenvalue weighted by molar-refractivity contribution is -0.116. The Labute approximate surface area is 144 Å². The fraction of sp³-hybridized carbons (Fsp3) is 0.167. The van der Waals surface area contributed by atoms with E-state index in [1.807, 2.05) is 43.3 Å². The third kappa shape index (κ3) is 4.20. The van der Waals surface area contributed by atoms with Gasteiger partial charge in [-0.3, -0.25) is 4.79 Å². The first-order valence-corrected chi connectivity index (χ1v) is 7.93. The smallest absolute Gasteiger partial charge is 0.247 e. The van der Waals surface area contributed by atoms with Crippen molar-refractivity contribution in [2.45, 2.75) is 19.8 Å². The molecule has 1 amide bonds. The van der Waals surface area contributed by atoms with Gasteiger partial charge in [-0.05, 0) is 43.3 Å². The van der Waals surface area contributed by atoms with E-state index < -0.39 is 0 Å². The molecular weight excluding hydrogens is 326 g/mol. The lowest BCUT2D eigenvalue weighted by Crippen LogP contribution is -2.12. The van der Waals surface area contributed by atoms with Crippen molar-refractivity contribution in [3.05, 3.63) is 65.0 Å². The van der Waals surface area contributed by atoms with Crippen LogP contribution in [-0.4, -0.2) is 16.1 Å². The van der Waals surface area contributed by atoms with E-state index in [1.165, 1.54) is 0 Å². The molecule has 2 aromatic carbocycles. The molecule has 0 aliphatic heterocycles. The molecule has 3 aromatic rings. The number of aromatic nitrogens is 2. The Morgan fingerprint density at radius 2 is 1.79 bits per heavy atom. The predicted octanol–water partition coefficient (Wildman–Crippen LogP) is 4.27. The summed E-state index contributed by atoms with van der Waals surface area (Å²) in [4.78, 5) is 12.0. The molecule has 0 unspecified atom stereocenters. The summed E-state index contributed by atoms with van der Waals surface area (Å²) in [6, 6.07) is 14.8. The molecule has 6 heteroatoms. The molecule has 0 saturated carbocycles. The predicted molar refractivity (Wildman–Crippen MR) is 92.9 cm³/mol. The highest BCUT2D eigenvalue weighted by Crippen LogP contribution is 2.20. The van der Waals surface area contributed by atoms with Gasteiger partial charge in [0.1, 0.15) is 0 Å². The summed E-state index contributed by atoms with van der Waals surface area (Å²) in [5, 5.41) is 11.5. The number of nitrogens with zero attached hydrogens (tertiary/aromatic N) is 2. The Balaban J connectivity index is 1.56. The van der Waals surface area contributed by atoms with E-state index >= 15 is 0 Å². The number of halogens is 1. The van der Waals surface area contributed by atoms with Crippen LogP contribution in [0, 0.1) is 6.92 Å². The van der Waals surface area contributed by atoms with Gasteiger partial charge in [0.15, 0.2) is 0 Å². The van der Waals surface area contributed by atoms with Crippen LogP contribution in [0.15, 0.2) is 52.9 Å². The largest absolute Gasteiger partial charge is 0.421 e. The highest BCUT2D eigenvalue weighted by atomic mass is 35.5. The Bertz CT molecular complexity index is 826. The number of rotatable bonds is 5. The molecule has 0 spiro atoms. The summed E-state index contributed by atoms with van der Waals surface area (Å²) in [5.41, 5.74) is 2.72. The van der Waals surface area contributed by atoms with Crippen molar-refractivity contribution in [1.82, 2.24) is 10.2 Å². The number of benzene rings is 2. The lowest BCUT2D eigenvalue weighted by Gasteiger charge is -2.04. The van der Waals surface area contributed by atoms with Crippen molar-refractivity contribution < 1.29 is 9.21 Å². The van der Waals surface area contributed by atoms with Gasteiger partial charge in [0.25, 0.3) is 0 Å². The van der Waals surface area contributed by atoms with Gasteiger partial charge in [-0.25, -0.2) is 0 Å². The summed E-state index contributed by atoms with van der Waals surface area (Å²) < 4.78 is 5.58. The van der Waals surface area contributed by atoms with Crippen molar-refractivity contribution in [3.8, 4) is 11.5 Å². The Kier molecular flexibility index (Phi) is 4.91. The molecule has 1 heterocycles. The summed E-state index contributed by atoms with van der Waals surface area (Å²) in [7, 11) is 0. The van der Waals surface area contributed by atoms with Gasteiger partial charge < -0.3 is 9.73 Å². The van der Waals surface area contributed by atoms with Crippen LogP contribution < -0.4 is 5.32 Å².